The third kappa shape index (κ3) is 4.14. The van der Waals surface area contributed by atoms with Crippen LogP contribution in [-0.2, 0) is 24.2 Å². The molecule has 0 fully saturated rings. The quantitative estimate of drug-likeness (QED) is 0.479. The molecule has 0 saturated heterocycles. The molecule has 4 aromatic rings. The molecule has 154 valence electrons. The molecule has 30 heavy (non-hydrogen) atoms. The summed E-state index contributed by atoms with van der Waals surface area (Å²) in [5.74, 6) is 2.34. The van der Waals surface area contributed by atoms with Crippen LogP contribution in [0.25, 0.3) is 17.1 Å². The minimum Gasteiger partial charge on any atom is -0.496 e. The van der Waals surface area contributed by atoms with E-state index >= 15 is 0 Å². The fourth-order valence-electron chi connectivity index (χ4n) is 3.15. The summed E-state index contributed by atoms with van der Waals surface area (Å²) >= 11 is 0. The van der Waals surface area contributed by atoms with Crippen molar-refractivity contribution in [1.82, 2.24) is 30.1 Å². The summed E-state index contributed by atoms with van der Waals surface area (Å²) in [4.78, 5) is 16.7. The summed E-state index contributed by atoms with van der Waals surface area (Å²) in [6.45, 7) is 2.32. The van der Waals surface area contributed by atoms with Crippen molar-refractivity contribution in [1.29, 1.82) is 0 Å². The number of benzene rings is 1. The van der Waals surface area contributed by atoms with E-state index in [4.69, 9.17) is 9.26 Å². The number of hydrogen-bond acceptors (Lipinski definition) is 7. The lowest BCUT2D eigenvalue weighted by molar-refractivity contribution is -0.120. The van der Waals surface area contributed by atoms with Crippen molar-refractivity contribution in [3.8, 4) is 17.2 Å². The van der Waals surface area contributed by atoms with Crippen LogP contribution in [0.5, 0.6) is 5.75 Å². The van der Waals surface area contributed by atoms with E-state index in [1.54, 1.807) is 7.11 Å². The molecule has 0 bridgehead atoms. The molecule has 0 radical (unpaired) electrons. The Kier molecular flexibility index (Phi) is 5.69. The lowest BCUT2D eigenvalue weighted by atomic mass is 10.1. The molecule has 0 atom stereocenters. The highest BCUT2D eigenvalue weighted by Gasteiger charge is 2.13. The van der Waals surface area contributed by atoms with Crippen molar-refractivity contribution in [2.75, 3.05) is 7.11 Å². The Morgan fingerprint density at radius 3 is 2.93 bits per heavy atom. The highest BCUT2D eigenvalue weighted by atomic mass is 16.5. The van der Waals surface area contributed by atoms with Gasteiger partial charge >= 0.3 is 0 Å². The van der Waals surface area contributed by atoms with Gasteiger partial charge in [0.1, 0.15) is 5.75 Å². The maximum atomic E-state index is 12.4. The van der Waals surface area contributed by atoms with Crippen LogP contribution in [0.3, 0.4) is 0 Å². The van der Waals surface area contributed by atoms with Crippen molar-refractivity contribution < 1.29 is 14.1 Å². The van der Waals surface area contributed by atoms with Gasteiger partial charge in [-0.05, 0) is 24.6 Å². The first-order valence-electron chi connectivity index (χ1n) is 9.73. The second-order valence-electron chi connectivity index (χ2n) is 6.79. The molecule has 3 heterocycles. The van der Waals surface area contributed by atoms with E-state index in [1.807, 2.05) is 47.0 Å². The number of carbonyl (C=O) groups excluding carboxylic acids is 1. The predicted octanol–water partition coefficient (Wildman–Crippen LogP) is 2.60. The lowest BCUT2D eigenvalue weighted by Crippen LogP contribution is -2.25. The molecule has 1 amide bonds. The third-order valence-electron chi connectivity index (χ3n) is 4.66. The monoisotopic (exact) mass is 406 g/mol. The number of hydrogen-bond donors (Lipinski definition) is 1. The summed E-state index contributed by atoms with van der Waals surface area (Å²) < 4.78 is 12.4. The van der Waals surface area contributed by atoms with Crippen molar-refractivity contribution in [3.05, 3.63) is 59.8 Å². The number of nitrogens with zero attached hydrogens (tertiary/aromatic N) is 5. The minimum atomic E-state index is -0.123. The molecule has 1 aromatic carbocycles. The predicted molar refractivity (Wildman–Crippen MR) is 109 cm³/mol. The largest absolute Gasteiger partial charge is 0.496 e. The van der Waals surface area contributed by atoms with Crippen molar-refractivity contribution in [2.24, 2.45) is 0 Å². The van der Waals surface area contributed by atoms with Gasteiger partial charge in [0.2, 0.25) is 5.91 Å². The van der Waals surface area contributed by atoms with E-state index in [-0.39, 0.29) is 18.9 Å². The average Bonchev–Trinajstić information content (AvgIpc) is 3.39. The molecular weight excluding hydrogens is 384 g/mol. The maximum Gasteiger partial charge on any atom is 0.258 e. The van der Waals surface area contributed by atoms with Crippen LogP contribution in [0.15, 0.2) is 47.1 Å². The van der Waals surface area contributed by atoms with Crippen LogP contribution in [0.4, 0.5) is 0 Å². The molecule has 3 aromatic heterocycles. The number of methoxy groups -OCH3 is 1. The second kappa shape index (κ2) is 8.73. The standard InChI is InChI=1S/C21H22N6O3/c1-3-6-17-23-21(30-26-17)15-9-10-27-18(11-15)24-25-19(27)13-22-20(28)12-14-7-4-5-8-16(14)29-2/h4-5,7-11H,3,6,12-13H2,1-2H3,(H,22,28). The smallest absolute Gasteiger partial charge is 0.258 e. The average molecular weight is 406 g/mol. The first-order chi connectivity index (χ1) is 14.7. The molecular formula is C21H22N6O3. The minimum absolute atomic E-state index is 0.123. The van der Waals surface area contributed by atoms with Gasteiger partial charge in [-0.3, -0.25) is 9.20 Å². The first kappa shape index (κ1) is 19.6. The number of para-hydroxylation sites is 1. The zero-order valence-corrected chi connectivity index (χ0v) is 16.8. The number of nitrogens with one attached hydrogen (secondary N) is 1. The summed E-state index contributed by atoms with van der Waals surface area (Å²) in [5, 5.41) is 15.2. The van der Waals surface area contributed by atoms with Gasteiger partial charge in [-0.25, -0.2) is 0 Å². The number of ether oxygens (including phenoxy) is 1. The number of aromatic nitrogens is 5. The Hall–Kier alpha value is -3.75. The molecule has 0 aliphatic heterocycles. The van der Waals surface area contributed by atoms with E-state index in [0.717, 1.165) is 24.0 Å². The van der Waals surface area contributed by atoms with Crippen molar-refractivity contribution in [3.63, 3.8) is 0 Å². The second-order valence-corrected chi connectivity index (χ2v) is 6.79. The van der Waals surface area contributed by atoms with Gasteiger partial charge in [0.15, 0.2) is 17.3 Å². The molecule has 9 nitrogen and oxygen atoms in total. The Labute approximate surface area is 173 Å². The van der Waals surface area contributed by atoms with Gasteiger partial charge in [-0.15, -0.1) is 10.2 Å². The van der Waals surface area contributed by atoms with Crippen LogP contribution in [0, 0.1) is 0 Å². The maximum absolute atomic E-state index is 12.4. The zero-order valence-electron chi connectivity index (χ0n) is 16.8. The molecule has 0 aliphatic carbocycles. The van der Waals surface area contributed by atoms with E-state index in [1.165, 1.54) is 0 Å². The number of carbonyl (C=O) groups is 1. The number of aryl methyl sites for hydroxylation is 1. The Bertz CT molecular complexity index is 1170. The fraction of sp³-hybridized carbons (Fsp3) is 0.286. The zero-order chi connectivity index (χ0) is 20.9. The SMILES string of the molecule is CCCc1noc(-c2ccn3c(CNC(=O)Cc4ccccc4OC)nnc3c2)n1. The number of fused-ring (bicyclic) bond motifs is 1. The summed E-state index contributed by atoms with van der Waals surface area (Å²) in [6.07, 6.45) is 3.78. The van der Waals surface area contributed by atoms with Crippen LogP contribution in [0.1, 0.15) is 30.6 Å². The molecule has 4 rings (SSSR count). The van der Waals surface area contributed by atoms with Crippen LogP contribution in [-0.4, -0.2) is 37.8 Å². The van der Waals surface area contributed by atoms with Crippen molar-refractivity contribution in [2.45, 2.75) is 32.7 Å². The fourth-order valence-corrected chi connectivity index (χ4v) is 3.15. The van der Waals surface area contributed by atoms with Gasteiger partial charge in [-0.1, -0.05) is 30.3 Å². The van der Waals surface area contributed by atoms with Gasteiger partial charge in [-0.2, -0.15) is 4.98 Å². The Balaban J connectivity index is 1.44. The van der Waals surface area contributed by atoms with Crippen LogP contribution < -0.4 is 10.1 Å². The molecule has 1 N–H and O–H groups in total. The number of rotatable bonds is 8. The highest BCUT2D eigenvalue weighted by Crippen LogP contribution is 2.20. The van der Waals surface area contributed by atoms with E-state index in [2.05, 4.69) is 32.6 Å². The van der Waals surface area contributed by atoms with E-state index < -0.39 is 0 Å². The van der Waals surface area contributed by atoms with Gasteiger partial charge in [0.05, 0.1) is 20.1 Å². The topological polar surface area (TPSA) is 107 Å². The lowest BCUT2D eigenvalue weighted by Gasteiger charge is -2.08. The molecule has 0 unspecified atom stereocenters. The molecule has 9 heteroatoms. The third-order valence-corrected chi connectivity index (χ3v) is 4.66. The highest BCUT2D eigenvalue weighted by molar-refractivity contribution is 5.79. The van der Waals surface area contributed by atoms with E-state index in [9.17, 15) is 4.79 Å². The van der Waals surface area contributed by atoms with Gasteiger partial charge < -0.3 is 14.6 Å². The number of amides is 1. The summed E-state index contributed by atoms with van der Waals surface area (Å²) in [6, 6.07) is 11.1. The number of pyridine rings is 1. The van der Waals surface area contributed by atoms with E-state index in [0.29, 0.717) is 28.9 Å². The van der Waals surface area contributed by atoms with Gasteiger partial charge in [0.25, 0.3) is 5.89 Å². The summed E-state index contributed by atoms with van der Waals surface area (Å²) in [7, 11) is 1.59. The van der Waals surface area contributed by atoms with Gasteiger partial charge in [0, 0.05) is 23.7 Å². The Morgan fingerprint density at radius 2 is 2.10 bits per heavy atom. The molecule has 0 aliphatic rings. The summed E-state index contributed by atoms with van der Waals surface area (Å²) in [5.41, 5.74) is 2.24. The van der Waals surface area contributed by atoms with Crippen molar-refractivity contribution >= 4 is 11.6 Å². The molecule has 0 spiro atoms. The Morgan fingerprint density at radius 1 is 1.23 bits per heavy atom. The normalized spacial score (nSPS) is 11.0. The first-order valence-corrected chi connectivity index (χ1v) is 9.73. The van der Waals surface area contributed by atoms with Crippen LogP contribution >= 0.6 is 0 Å². The molecule has 0 saturated carbocycles. The van der Waals surface area contributed by atoms with Crippen LogP contribution in [0.2, 0.25) is 0 Å².